The first-order valence-corrected chi connectivity index (χ1v) is 6.63. The van der Waals surface area contributed by atoms with Crippen molar-refractivity contribution in [3.8, 4) is 0 Å². The second kappa shape index (κ2) is 5.62. The maximum atomic E-state index is 11.8. The van der Waals surface area contributed by atoms with Crippen LogP contribution < -0.4 is 4.72 Å². The Morgan fingerprint density at radius 1 is 1.69 bits per heavy atom. The number of hydrogen-bond acceptors (Lipinski definition) is 4. The zero-order chi connectivity index (χ0) is 12.2. The highest BCUT2D eigenvalue weighted by Gasteiger charge is 2.20. The molecule has 1 rings (SSSR count). The van der Waals surface area contributed by atoms with Crippen LogP contribution in [0.3, 0.4) is 0 Å². The fourth-order valence-corrected chi connectivity index (χ4v) is 2.53. The highest BCUT2D eigenvalue weighted by Crippen LogP contribution is 2.13. The van der Waals surface area contributed by atoms with Crippen LogP contribution >= 0.6 is 11.6 Å². The SMILES string of the molecule is COC(C)CNS(=O)(=O)c1[nH]ncc1CCl. The summed E-state index contributed by atoms with van der Waals surface area (Å²) >= 11 is 5.59. The minimum absolute atomic E-state index is 0.00537. The van der Waals surface area contributed by atoms with Crippen molar-refractivity contribution in [1.29, 1.82) is 0 Å². The molecule has 8 heteroatoms. The Bertz CT molecular complexity index is 431. The molecule has 1 atom stereocenters. The molecule has 0 aliphatic heterocycles. The van der Waals surface area contributed by atoms with Crippen LogP contribution in [0.1, 0.15) is 12.5 Å². The fourth-order valence-electron chi connectivity index (χ4n) is 1.01. The number of nitrogens with one attached hydrogen (secondary N) is 2. The van der Waals surface area contributed by atoms with Crippen LogP contribution in [0.4, 0.5) is 0 Å². The van der Waals surface area contributed by atoms with Gasteiger partial charge in [0.05, 0.1) is 18.2 Å². The Kier molecular flexibility index (Phi) is 4.72. The molecule has 2 N–H and O–H groups in total. The third kappa shape index (κ3) is 3.18. The standard InChI is InChI=1S/C8H14ClN3O3S/c1-6(15-2)4-11-16(13,14)8-7(3-9)5-10-12-8/h5-6,11H,3-4H2,1-2H3,(H,10,12). The van der Waals surface area contributed by atoms with E-state index in [4.69, 9.17) is 16.3 Å². The van der Waals surface area contributed by atoms with Crippen LogP contribution in [0, 0.1) is 0 Å². The van der Waals surface area contributed by atoms with Crippen molar-refractivity contribution < 1.29 is 13.2 Å². The lowest BCUT2D eigenvalue weighted by molar-refractivity contribution is 0.122. The number of aromatic amines is 1. The Morgan fingerprint density at radius 3 is 2.94 bits per heavy atom. The van der Waals surface area contributed by atoms with Crippen LogP contribution in [-0.4, -0.2) is 38.4 Å². The highest BCUT2D eigenvalue weighted by atomic mass is 35.5. The summed E-state index contributed by atoms with van der Waals surface area (Å²) < 4.78 is 30.9. The number of ether oxygens (including phenoxy) is 1. The minimum Gasteiger partial charge on any atom is -0.380 e. The van der Waals surface area contributed by atoms with E-state index >= 15 is 0 Å². The first-order chi connectivity index (χ1) is 7.51. The van der Waals surface area contributed by atoms with Gasteiger partial charge in [0, 0.05) is 19.2 Å². The first-order valence-electron chi connectivity index (χ1n) is 4.62. The molecule has 0 bridgehead atoms. The number of nitrogens with zero attached hydrogens (tertiary/aromatic N) is 1. The van der Waals surface area contributed by atoms with E-state index < -0.39 is 10.0 Å². The third-order valence-corrected chi connectivity index (χ3v) is 3.78. The lowest BCUT2D eigenvalue weighted by Crippen LogP contribution is -2.32. The fraction of sp³-hybridized carbons (Fsp3) is 0.625. The Hall–Kier alpha value is -0.630. The van der Waals surface area contributed by atoms with Gasteiger partial charge in [-0.25, -0.2) is 13.1 Å². The minimum atomic E-state index is -3.60. The predicted molar refractivity (Wildman–Crippen MR) is 59.8 cm³/mol. The summed E-state index contributed by atoms with van der Waals surface area (Å²) in [5.74, 6) is 0.0899. The zero-order valence-corrected chi connectivity index (χ0v) is 10.6. The second-order valence-corrected chi connectivity index (χ2v) is 5.23. The summed E-state index contributed by atoms with van der Waals surface area (Å²) in [7, 11) is -2.08. The Balaban J connectivity index is 2.78. The molecule has 92 valence electrons. The van der Waals surface area contributed by atoms with E-state index in [1.165, 1.54) is 13.3 Å². The molecule has 0 aliphatic rings. The van der Waals surface area contributed by atoms with Gasteiger partial charge in [-0.2, -0.15) is 5.10 Å². The van der Waals surface area contributed by atoms with Crippen LogP contribution in [-0.2, 0) is 20.6 Å². The lowest BCUT2D eigenvalue weighted by atomic mass is 10.4. The van der Waals surface area contributed by atoms with Crippen LogP contribution in [0.25, 0.3) is 0 Å². The van der Waals surface area contributed by atoms with Gasteiger partial charge in [0.15, 0.2) is 5.03 Å². The van der Waals surface area contributed by atoms with E-state index in [0.29, 0.717) is 5.56 Å². The van der Waals surface area contributed by atoms with Crippen molar-refractivity contribution in [3.05, 3.63) is 11.8 Å². The molecule has 0 saturated heterocycles. The molecule has 6 nitrogen and oxygen atoms in total. The van der Waals surface area contributed by atoms with Crippen molar-refractivity contribution in [1.82, 2.24) is 14.9 Å². The predicted octanol–water partition coefficient (Wildman–Crippen LogP) is 0.462. The van der Waals surface area contributed by atoms with Gasteiger partial charge in [-0.3, -0.25) is 5.10 Å². The molecule has 0 aromatic carbocycles. The molecule has 16 heavy (non-hydrogen) atoms. The van der Waals surface area contributed by atoms with Gasteiger partial charge in [-0.15, -0.1) is 11.6 Å². The molecular weight excluding hydrogens is 254 g/mol. The molecular formula is C8H14ClN3O3S. The van der Waals surface area contributed by atoms with Gasteiger partial charge in [-0.1, -0.05) is 0 Å². The molecule has 0 amide bonds. The molecule has 1 aromatic heterocycles. The summed E-state index contributed by atoms with van der Waals surface area (Å²) in [6, 6.07) is 0. The molecule has 0 radical (unpaired) electrons. The number of aromatic nitrogens is 2. The monoisotopic (exact) mass is 267 g/mol. The molecule has 1 unspecified atom stereocenters. The van der Waals surface area contributed by atoms with Crippen LogP contribution in [0.5, 0.6) is 0 Å². The molecule has 0 aliphatic carbocycles. The Morgan fingerprint density at radius 2 is 2.38 bits per heavy atom. The van der Waals surface area contributed by atoms with E-state index in [2.05, 4.69) is 14.9 Å². The number of alkyl halides is 1. The van der Waals surface area contributed by atoms with E-state index in [1.807, 2.05) is 0 Å². The quantitative estimate of drug-likeness (QED) is 0.734. The number of rotatable bonds is 6. The zero-order valence-electron chi connectivity index (χ0n) is 9.03. The van der Waals surface area contributed by atoms with E-state index in [1.54, 1.807) is 6.92 Å². The van der Waals surface area contributed by atoms with Crippen LogP contribution in [0.2, 0.25) is 0 Å². The van der Waals surface area contributed by atoms with Gasteiger partial charge < -0.3 is 4.74 Å². The van der Waals surface area contributed by atoms with Gasteiger partial charge >= 0.3 is 0 Å². The third-order valence-electron chi connectivity index (χ3n) is 2.05. The number of methoxy groups -OCH3 is 1. The molecule has 0 fully saturated rings. The Labute approximate surface area is 99.4 Å². The molecule has 0 spiro atoms. The van der Waals surface area contributed by atoms with Crippen molar-refractivity contribution in [2.24, 2.45) is 0 Å². The van der Waals surface area contributed by atoms with E-state index in [0.717, 1.165) is 0 Å². The molecule has 1 aromatic rings. The van der Waals surface area contributed by atoms with Gasteiger partial charge in [0.25, 0.3) is 10.0 Å². The van der Waals surface area contributed by atoms with Gasteiger partial charge in [0.1, 0.15) is 0 Å². The average molecular weight is 268 g/mol. The summed E-state index contributed by atoms with van der Waals surface area (Å²) in [6.07, 6.45) is 1.19. The second-order valence-electron chi connectivity index (χ2n) is 3.26. The highest BCUT2D eigenvalue weighted by molar-refractivity contribution is 7.89. The van der Waals surface area contributed by atoms with Crippen molar-refractivity contribution in [2.75, 3.05) is 13.7 Å². The number of halogens is 1. The summed E-state index contributed by atoms with van der Waals surface area (Å²) in [5.41, 5.74) is 0.444. The van der Waals surface area contributed by atoms with Crippen molar-refractivity contribution >= 4 is 21.6 Å². The van der Waals surface area contributed by atoms with Crippen molar-refractivity contribution in [2.45, 2.75) is 23.9 Å². The first kappa shape index (κ1) is 13.4. The van der Waals surface area contributed by atoms with Gasteiger partial charge in [-0.05, 0) is 6.92 Å². The van der Waals surface area contributed by atoms with E-state index in [-0.39, 0.29) is 23.6 Å². The van der Waals surface area contributed by atoms with Gasteiger partial charge in [0.2, 0.25) is 0 Å². The lowest BCUT2D eigenvalue weighted by Gasteiger charge is -2.10. The maximum absolute atomic E-state index is 11.8. The van der Waals surface area contributed by atoms with Crippen LogP contribution in [0.15, 0.2) is 11.2 Å². The number of hydrogen-bond donors (Lipinski definition) is 2. The van der Waals surface area contributed by atoms with Crippen molar-refractivity contribution in [3.63, 3.8) is 0 Å². The number of sulfonamides is 1. The van der Waals surface area contributed by atoms with E-state index in [9.17, 15) is 8.42 Å². The largest absolute Gasteiger partial charge is 0.380 e. The molecule has 1 heterocycles. The normalized spacial score (nSPS) is 13.9. The summed E-state index contributed by atoms with van der Waals surface area (Å²) in [4.78, 5) is 0. The average Bonchev–Trinajstić information content (AvgIpc) is 2.74. The topological polar surface area (TPSA) is 84.1 Å². The summed E-state index contributed by atoms with van der Waals surface area (Å²) in [6.45, 7) is 1.96. The number of H-pyrrole nitrogens is 1. The maximum Gasteiger partial charge on any atom is 0.257 e. The summed E-state index contributed by atoms with van der Waals surface area (Å²) in [5, 5.41) is 6.07. The molecule has 0 saturated carbocycles. The smallest absolute Gasteiger partial charge is 0.257 e.